The number of carbonyl (C=O) groups is 1. The van der Waals surface area contributed by atoms with Crippen molar-refractivity contribution in [2.24, 2.45) is 5.92 Å². The predicted octanol–water partition coefficient (Wildman–Crippen LogP) is 4.31. The molecule has 19 heavy (non-hydrogen) atoms. The summed E-state index contributed by atoms with van der Waals surface area (Å²) >= 11 is 3.49. The summed E-state index contributed by atoms with van der Waals surface area (Å²) in [6, 6.07) is 6.24. The van der Waals surface area contributed by atoms with Gasteiger partial charge in [0.2, 0.25) is 5.91 Å². The van der Waals surface area contributed by atoms with Gasteiger partial charge in [-0.15, -0.1) is 0 Å². The number of hydrogen-bond donors (Lipinski definition) is 0. The number of carbonyl (C=O) groups excluding carboxylic acids is 1. The molecular formula is C16H20BrNO. The summed E-state index contributed by atoms with van der Waals surface area (Å²) in [5.41, 5.74) is 2.42. The number of anilines is 1. The van der Waals surface area contributed by atoms with Crippen LogP contribution < -0.4 is 4.90 Å². The van der Waals surface area contributed by atoms with Crippen LogP contribution in [0, 0.1) is 5.92 Å². The lowest BCUT2D eigenvalue weighted by Crippen LogP contribution is -2.28. The van der Waals surface area contributed by atoms with Crippen molar-refractivity contribution in [1.82, 2.24) is 0 Å². The van der Waals surface area contributed by atoms with Gasteiger partial charge in [-0.3, -0.25) is 4.79 Å². The molecule has 0 N–H and O–H groups in total. The topological polar surface area (TPSA) is 20.3 Å². The maximum absolute atomic E-state index is 12.4. The molecule has 1 aliphatic carbocycles. The Hall–Kier alpha value is -0.830. The van der Waals surface area contributed by atoms with E-state index in [0.717, 1.165) is 41.9 Å². The fourth-order valence-corrected chi connectivity index (χ4v) is 3.80. The number of fused-ring (bicyclic) bond motifs is 1. The molecule has 3 rings (SSSR count). The molecule has 0 saturated heterocycles. The molecule has 1 saturated carbocycles. The second-order valence-corrected chi connectivity index (χ2v) is 6.67. The molecule has 0 atom stereocenters. The van der Waals surface area contributed by atoms with E-state index in [1.54, 1.807) is 0 Å². The van der Waals surface area contributed by atoms with Crippen LogP contribution in [0.1, 0.15) is 44.1 Å². The van der Waals surface area contributed by atoms with E-state index in [9.17, 15) is 4.79 Å². The van der Waals surface area contributed by atoms with Gasteiger partial charge in [-0.1, -0.05) is 41.6 Å². The number of amides is 1. The van der Waals surface area contributed by atoms with E-state index in [1.807, 2.05) is 11.0 Å². The first kappa shape index (κ1) is 13.2. The van der Waals surface area contributed by atoms with Crippen molar-refractivity contribution in [3.05, 3.63) is 28.2 Å². The zero-order chi connectivity index (χ0) is 13.2. The maximum atomic E-state index is 12.4. The number of rotatable bonds is 3. The van der Waals surface area contributed by atoms with E-state index in [1.165, 1.54) is 31.2 Å². The van der Waals surface area contributed by atoms with Gasteiger partial charge < -0.3 is 4.90 Å². The molecule has 102 valence electrons. The average Bonchev–Trinajstić information content (AvgIpc) is 3.04. The third kappa shape index (κ3) is 2.86. The van der Waals surface area contributed by atoms with E-state index in [2.05, 4.69) is 28.1 Å². The fraction of sp³-hybridized carbons (Fsp3) is 0.562. The molecule has 1 fully saturated rings. The van der Waals surface area contributed by atoms with Crippen LogP contribution in [0.5, 0.6) is 0 Å². The molecule has 0 radical (unpaired) electrons. The molecule has 1 heterocycles. The van der Waals surface area contributed by atoms with Crippen molar-refractivity contribution in [1.29, 1.82) is 0 Å². The molecule has 0 aromatic heterocycles. The van der Waals surface area contributed by atoms with E-state index in [4.69, 9.17) is 0 Å². The summed E-state index contributed by atoms with van der Waals surface area (Å²) in [5.74, 6) is 1.11. The predicted molar refractivity (Wildman–Crippen MR) is 81.4 cm³/mol. The van der Waals surface area contributed by atoms with Gasteiger partial charge in [0.25, 0.3) is 0 Å². The minimum atomic E-state index is 0.313. The van der Waals surface area contributed by atoms with E-state index >= 15 is 0 Å². The normalized spacial score (nSPS) is 18.9. The van der Waals surface area contributed by atoms with Gasteiger partial charge in [0.05, 0.1) is 0 Å². The molecular weight excluding hydrogens is 302 g/mol. The van der Waals surface area contributed by atoms with Crippen LogP contribution in [0.15, 0.2) is 22.7 Å². The van der Waals surface area contributed by atoms with Crippen LogP contribution in [-0.2, 0) is 11.2 Å². The molecule has 1 aromatic rings. The highest BCUT2D eigenvalue weighted by Crippen LogP contribution is 2.33. The molecule has 0 bridgehead atoms. The number of nitrogens with zero attached hydrogens (tertiary/aromatic N) is 1. The van der Waals surface area contributed by atoms with E-state index in [-0.39, 0.29) is 0 Å². The van der Waals surface area contributed by atoms with Crippen molar-refractivity contribution >= 4 is 27.5 Å². The van der Waals surface area contributed by atoms with Gasteiger partial charge in [-0.2, -0.15) is 0 Å². The molecule has 1 aliphatic heterocycles. The number of benzene rings is 1. The first-order valence-electron chi connectivity index (χ1n) is 7.33. The largest absolute Gasteiger partial charge is 0.312 e. The standard InChI is InChI=1S/C16H20BrNO/c17-14-6-7-15-13(11-14)9-10-18(15)16(19)8-5-12-3-1-2-4-12/h6-7,11-12H,1-5,8-10H2. The lowest BCUT2D eigenvalue weighted by Gasteiger charge is -2.18. The summed E-state index contributed by atoms with van der Waals surface area (Å²) in [7, 11) is 0. The summed E-state index contributed by atoms with van der Waals surface area (Å²) in [6.45, 7) is 0.856. The lowest BCUT2D eigenvalue weighted by molar-refractivity contribution is -0.118. The van der Waals surface area contributed by atoms with Gasteiger partial charge in [-0.05, 0) is 42.5 Å². The van der Waals surface area contributed by atoms with Gasteiger partial charge in [-0.25, -0.2) is 0 Å². The van der Waals surface area contributed by atoms with Crippen molar-refractivity contribution in [3.8, 4) is 0 Å². The van der Waals surface area contributed by atoms with Crippen molar-refractivity contribution in [3.63, 3.8) is 0 Å². The molecule has 3 heteroatoms. The number of hydrogen-bond acceptors (Lipinski definition) is 1. The van der Waals surface area contributed by atoms with Gasteiger partial charge in [0.15, 0.2) is 0 Å². The molecule has 2 aliphatic rings. The quantitative estimate of drug-likeness (QED) is 0.812. The van der Waals surface area contributed by atoms with Crippen LogP contribution >= 0.6 is 15.9 Å². The van der Waals surface area contributed by atoms with Crippen molar-refractivity contribution < 1.29 is 4.79 Å². The summed E-state index contributed by atoms with van der Waals surface area (Å²) in [5, 5.41) is 0. The second kappa shape index (κ2) is 5.66. The highest BCUT2D eigenvalue weighted by atomic mass is 79.9. The Labute approximate surface area is 123 Å². The SMILES string of the molecule is O=C(CCC1CCCC1)N1CCc2cc(Br)ccc21. The molecule has 1 amide bonds. The first-order valence-corrected chi connectivity index (χ1v) is 8.12. The number of halogens is 1. The maximum Gasteiger partial charge on any atom is 0.227 e. The van der Waals surface area contributed by atoms with E-state index < -0.39 is 0 Å². The molecule has 0 spiro atoms. The Balaban J connectivity index is 1.62. The highest BCUT2D eigenvalue weighted by molar-refractivity contribution is 9.10. The summed E-state index contributed by atoms with van der Waals surface area (Å²) < 4.78 is 1.10. The van der Waals surface area contributed by atoms with Gasteiger partial charge in [0, 0.05) is 23.1 Å². The third-order valence-electron chi connectivity index (χ3n) is 4.48. The summed E-state index contributed by atoms with van der Waals surface area (Å²) in [4.78, 5) is 14.3. The summed E-state index contributed by atoms with van der Waals surface area (Å²) in [6.07, 6.45) is 8.18. The average molecular weight is 322 g/mol. The lowest BCUT2D eigenvalue weighted by atomic mass is 10.0. The Kier molecular flexibility index (Phi) is 3.92. The Morgan fingerprint density at radius 1 is 1.32 bits per heavy atom. The third-order valence-corrected chi connectivity index (χ3v) is 4.97. The minimum Gasteiger partial charge on any atom is -0.312 e. The smallest absolute Gasteiger partial charge is 0.227 e. The van der Waals surface area contributed by atoms with E-state index in [0.29, 0.717) is 5.91 Å². The van der Waals surface area contributed by atoms with Gasteiger partial charge >= 0.3 is 0 Å². The van der Waals surface area contributed by atoms with Crippen LogP contribution in [0.25, 0.3) is 0 Å². The van der Waals surface area contributed by atoms with Crippen LogP contribution in [-0.4, -0.2) is 12.5 Å². The molecule has 2 nitrogen and oxygen atoms in total. The van der Waals surface area contributed by atoms with Crippen LogP contribution in [0.2, 0.25) is 0 Å². The fourth-order valence-electron chi connectivity index (χ4n) is 3.39. The Bertz CT molecular complexity index is 480. The van der Waals surface area contributed by atoms with Crippen molar-refractivity contribution in [2.75, 3.05) is 11.4 Å². The Morgan fingerprint density at radius 3 is 2.89 bits per heavy atom. The van der Waals surface area contributed by atoms with Crippen LogP contribution in [0.4, 0.5) is 5.69 Å². The van der Waals surface area contributed by atoms with Crippen molar-refractivity contribution in [2.45, 2.75) is 44.9 Å². The zero-order valence-electron chi connectivity index (χ0n) is 11.2. The first-order chi connectivity index (χ1) is 9.24. The minimum absolute atomic E-state index is 0.313. The second-order valence-electron chi connectivity index (χ2n) is 5.76. The molecule has 1 aromatic carbocycles. The van der Waals surface area contributed by atoms with Gasteiger partial charge in [0.1, 0.15) is 0 Å². The monoisotopic (exact) mass is 321 g/mol. The van der Waals surface area contributed by atoms with Crippen LogP contribution in [0.3, 0.4) is 0 Å². The highest BCUT2D eigenvalue weighted by Gasteiger charge is 2.25. The Morgan fingerprint density at radius 2 is 2.11 bits per heavy atom. The zero-order valence-corrected chi connectivity index (χ0v) is 12.8. The molecule has 0 unspecified atom stereocenters.